The normalized spacial score (nSPS) is 18.4. The van der Waals surface area contributed by atoms with E-state index in [-0.39, 0.29) is 5.91 Å². The monoisotopic (exact) mass is 454 g/mol. The van der Waals surface area contributed by atoms with Gasteiger partial charge in [-0.05, 0) is 80.2 Å². The van der Waals surface area contributed by atoms with Crippen LogP contribution in [0.1, 0.15) is 41.6 Å². The van der Waals surface area contributed by atoms with Crippen molar-refractivity contribution in [1.82, 2.24) is 9.80 Å². The lowest BCUT2D eigenvalue weighted by Crippen LogP contribution is -2.34. The maximum Gasteiger partial charge on any atom is 0.254 e. The Kier molecular flexibility index (Phi) is 6.96. The Hall–Kier alpha value is -3.11. The summed E-state index contributed by atoms with van der Waals surface area (Å²) in [5.41, 5.74) is 4.17. The summed E-state index contributed by atoms with van der Waals surface area (Å²) in [4.78, 5) is 17.8. The number of rotatable bonds is 8. The Morgan fingerprint density at radius 2 is 1.71 bits per heavy atom. The van der Waals surface area contributed by atoms with Crippen LogP contribution in [0.5, 0.6) is 5.75 Å². The van der Waals surface area contributed by atoms with E-state index in [1.165, 1.54) is 19.4 Å². The second kappa shape index (κ2) is 10.4. The van der Waals surface area contributed by atoms with Crippen LogP contribution >= 0.6 is 0 Å². The number of ether oxygens (including phenoxy) is 1. The topological polar surface area (TPSA) is 32.8 Å². The molecule has 1 heterocycles. The van der Waals surface area contributed by atoms with E-state index in [0.29, 0.717) is 18.5 Å². The number of nitrogens with zero attached hydrogens (tertiary/aromatic N) is 2. The molecule has 5 rings (SSSR count). The Balaban J connectivity index is 1.24. The van der Waals surface area contributed by atoms with Crippen LogP contribution in [0.4, 0.5) is 0 Å². The molecule has 4 nitrogen and oxygen atoms in total. The molecule has 0 aromatic heterocycles. The average Bonchev–Trinajstić information content (AvgIpc) is 3.72. The lowest BCUT2D eigenvalue weighted by Gasteiger charge is -2.29. The van der Waals surface area contributed by atoms with Gasteiger partial charge in [-0.15, -0.1) is 0 Å². The van der Waals surface area contributed by atoms with Crippen molar-refractivity contribution in [2.75, 3.05) is 26.7 Å². The summed E-state index contributed by atoms with van der Waals surface area (Å²) in [5, 5.41) is 0. The zero-order chi connectivity index (χ0) is 23.3. The molecule has 2 aliphatic rings. The first-order valence-corrected chi connectivity index (χ1v) is 12.5. The largest absolute Gasteiger partial charge is 0.493 e. The molecule has 1 saturated heterocycles. The van der Waals surface area contributed by atoms with Crippen molar-refractivity contribution in [3.63, 3.8) is 0 Å². The molecular weight excluding hydrogens is 420 g/mol. The van der Waals surface area contributed by atoms with E-state index in [9.17, 15) is 4.79 Å². The number of hydrogen-bond donors (Lipinski definition) is 0. The number of hydrogen-bond acceptors (Lipinski definition) is 3. The van der Waals surface area contributed by atoms with Gasteiger partial charge < -0.3 is 14.5 Å². The maximum absolute atomic E-state index is 13.4. The zero-order valence-electron chi connectivity index (χ0n) is 20.0. The van der Waals surface area contributed by atoms with Gasteiger partial charge in [0, 0.05) is 30.6 Å². The first kappa shape index (κ1) is 22.7. The molecule has 1 amide bonds. The van der Waals surface area contributed by atoms with Gasteiger partial charge in [-0.3, -0.25) is 4.79 Å². The van der Waals surface area contributed by atoms with Crippen LogP contribution in [0.25, 0.3) is 11.1 Å². The first-order valence-electron chi connectivity index (χ1n) is 12.5. The minimum Gasteiger partial charge on any atom is -0.493 e. The highest BCUT2D eigenvalue weighted by atomic mass is 16.5. The van der Waals surface area contributed by atoms with Gasteiger partial charge in [0.15, 0.2) is 0 Å². The highest BCUT2D eigenvalue weighted by molar-refractivity contribution is 5.95. The third kappa shape index (κ3) is 5.68. The minimum absolute atomic E-state index is 0.110. The smallest absolute Gasteiger partial charge is 0.254 e. The van der Waals surface area contributed by atoms with Crippen molar-refractivity contribution in [3.05, 3.63) is 90.0 Å². The molecule has 3 aromatic rings. The molecule has 1 aliphatic heterocycles. The standard InChI is InChI=1S/C30H34N2O2/c1-31-18-6-8-24(20-31)22-34-29-11-5-7-23(19-29)21-32(28-16-17-28)30(33)27-14-12-26(13-15-27)25-9-3-2-4-10-25/h2-5,7,9-15,19,24,28H,6,8,16-18,20-22H2,1H3/t24-/m1/s1. The zero-order valence-corrected chi connectivity index (χ0v) is 20.0. The van der Waals surface area contributed by atoms with E-state index < -0.39 is 0 Å². The van der Waals surface area contributed by atoms with E-state index in [2.05, 4.69) is 36.2 Å². The highest BCUT2D eigenvalue weighted by Gasteiger charge is 2.33. The molecule has 0 unspecified atom stereocenters. The highest BCUT2D eigenvalue weighted by Crippen LogP contribution is 2.31. The predicted molar refractivity (Wildman–Crippen MR) is 137 cm³/mol. The summed E-state index contributed by atoms with van der Waals surface area (Å²) in [5.74, 6) is 1.60. The molecule has 3 aromatic carbocycles. The van der Waals surface area contributed by atoms with Crippen LogP contribution in [0.3, 0.4) is 0 Å². The summed E-state index contributed by atoms with van der Waals surface area (Å²) in [6.45, 7) is 3.67. The molecule has 2 fully saturated rings. The number of carbonyl (C=O) groups is 1. The van der Waals surface area contributed by atoms with Gasteiger partial charge in [0.2, 0.25) is 0 Å². The van der Waals surface area contributed by atoms with Gasteiger partial charge in [0.1, 0.15) is 5.75 Å². The Morgan fingerprint density at radius 1 is 0.941 bits per heavy atom. The van der Waals surface area contributed by atoms with Crippen LogP contribution in [0.2, 0.25) is 0 Å². The fourth-order valence-electron chi connectivity index (χ4n) is 4.91. The summed E-state index contributed by atoms with van der Waals surface area (Å²) in [7, 11) is 2.19. The second-order valence-corrected chi connectivity index (χ2v) is 9.84. The van der Waals surface area contributed by atoms with Gasteiger partial charge in [-0.1, -0.05) is 54.6 Å². The van der Waals surface area contributed by atoms with Gasteiger partial charge in [0.05, 0.1) is 6.61 Å². The SMILES string of the molecule is CN1CCC[C@@H](COc2cccc(CN(C(=O)c3ccc(-c4ccccc4)cc3)C3CC3)c2)C1. The lowest BCUT2D eigenvalue weighted by molar-refractivity contribution is 0.0729. The molecule has 1 saturated carbocycles. The fourth-order valence-corrected chi connectivity index (χ4v) is 4.91. The van der Waals surface area contributed by atoms with Crippen molar-refractivity contribution in [1.29, 1.82) is 0 Å². The van der Waals surface area contributed by atoms with Crippen LogP contribution in [0, 0.1) is 5.92 Å². The van der Waals surface area contributed by atoms with Crippen LogP contribution < -0.4 is 4.74 Å². The van der Waals surface area contributed by atoms with Crippen molar-refractivity contribution in [2.24, 2.45) is 5.92 Å². The molecule has 1 atom stereocenters. The summed E-state index contributed by atoms with van der Waals surface area (Å²) < 4.78 is 6.16. The van der Waals surface area contributed by atoms with E-state index in [1.54, 1.807) is 0 Å². The Morgan fingerprint density at radius 3 is 2.44 bits per heavy atom. The molecule has 0 spiro atoms. The third-order valence-electron chi connectivity index (χ3n) is 6.95. The molecular formula is C30H34N2O2. The van der Waals surface area contributed by atoms with Gasteiger partial charge >= 0.3 is 0 Å². The number of likely N-dealkylation sites (tertiary alicyclic amines) is 1. The number of benzene rings is 3. The van der Waals surface area contributed by atoms with Crippen LogP contribution in [-0.2, 0) is 6.54 Å². The lowest BCUT2D eigenvalue weighted by atomic mass is 9.99. The second-order valence-electron chi connectivity index (χ2n) is 9.84. The van der Waals surface area contributed by atoms with E-state index in [1.807, 2.05) is 59.5 Å². The van der Waals surface area contributed by atoms with Crippen molar-refractivity contribution in [3.8, 4) is 16.9 Å². The Labute approximate surface area is 203 Å². The quantitative estimate of drug-likeness (QED) is 0.426. The fraction of sp³-hybridized carbons (Fsp3) is 0.367. The molecule has 34 heavy (non-hydrogen) atoms. The molecule has 0 radical (unpaired) electrons. The Bertz CT molecular complexity index is 1090. The van der Waals surface area contributed by atoms with Gasteiger partial charge in [-0.2, -0.15) is 0 Å². The van der Waals surface area contributed by atoms with Crippen LogP contribution in [-0.4, -0.2) is 48.5 Å². The number of amides is 1. The summed E-state index contributed by atoms with van der Waals surface area (Å²) in [6.07, 6.45) is 4.64. The van der Waals surface area contributed by atoms with Crippen LogP contribution in [0.15, 0.2) is 78.9 Å². The maximum atomic E-state index is 13.4. The predicted octanol–water partition coefficient (Wildman–Crippen LogP) is 5.88. The van der Waals surface area contributed by atoms with Crippen molar-refractivity contribution >= 4 is 5.91 Å². The average molecular weight is 455 g/mol. The van der Waals surface area contributed by atoms with Crippen molar-refractivity contribution < 1.29 is 9.53 Å². The van der Waals surface area contributed by atoms with Crippen molar-refractivity contribution in [2.45, 2.75) is 38.3 Å². The minimum atomic E-state index is 0.110. The molecule has 1 aliphatic carbocycles. The number of carbonyl (C=O) groups excluding carboxylic acids is 1. The molecule has 176 valence electrons. The van der Waals surface area contributed by atoms with Gasteiger partial charge in [0.25, 0.3) is 5.91 Å². The summed E-state index contributed by atoms with van der Waals surface area (Å²) >= 11 is 0. The number of piperidine rings is 1. The molecule has 0 N–H and O–H groups in total. The summed E-state index contributed by atoms with van der Waals surface area (Å²) in [6, 6.07) is 26.9. The first-order chi connectivity index (χ1) is 16.7. The van der Waals surface area contributed by atoms with E-state index in [0.717, 1.165) is 54.0 Å². The van der Waals surface area contributed by atoms with E-state index in [4.69, 9.17) is 4.74 Å². The van der Waals surface area contributed by atoms with Gasteiger partial charge in [-0.25, -0.2) is 0 Å². The van der Waals surface area contributed by atoms with E-state index >= 15 is 0 Å². The molecule has 4 heteroatoms. The molecule has 0 bridgehead atoms. The third-order valence-corrected chi connectivity index (χ3v) is 6.95.